The molecule has 2 aromatic rings. The second-order valence-corrected chi connectivity index (χ2v) is 4.32. The largest absolute Gasteiger partial charge is 0.480 e. The van der Waals surface area contributed by atoms with Crippen LogP contribution in [0.5, 0.6) is 0 Å². The van der Waals surface area contributed by atoms with Crippen LogP contribution in [0.3, 0.4) is 0 Å². The topological polar surface area (TPSA) is 122 Å². The minimum absolute atomic E-state index is 0.225. The van der Waals surface area contributed by atoms with Crippen molar-refractivity contribution in [3.63, 3.8) is 0 Å². The minimum Gasteiger partial charge on any atom is -0.480 e. The summed E-state index contributed by atoms with van der Waals surface area (Å²) in [4.78, 5) is 40.6. The first-order valence-corrected chi connectivity index (χ1v) is 6.11. The first-order chi connectivity index (χ1) is 9.45. The molecule has 0 aliphatic carbocycles. The summed E-state index contributed by atoms with van der Waals surface area (Å²) in [6.07, 6.45) is 0.704. The molecule has 0 amide bonds. The predicted octanol–water partition coefficient (Wildman–Crippen LogP) is -0.670. The molecule has 9 heteroatoms. The molecule has 0 bridgehead atoms. The van der Waals surface area contributed by atoms with Crippen LogP contribution in [-0.4, -0.2) is 36.7 Å². The van der Waals surface area contributed by atoms with Crippen LogP contribution in [0.25, 0.3) is 11.2 Å². The fraction of sp³-hybridized carbons (Fsp3) is 0.455. The van der Waals surface area contributed by atoms with Gasteiger partial charge < -0.3 is 15.0 Å². The van der Waals surface area contributed by atoms with Crippen LogP contribution in [0.4, 0.5) is 5.95 Å². The predicted molar refractivity (Wildman–Crippen MR) is 72.0 cm³/mol. The highest BCUT2D eigenvalue weighted by atomic mass is 16.4. The number of aromatic amines is 1. The summed E-state index contributed by atoms with van der Waals surface area (Å²) in [6, 6.07) is 0. The molecule has 2 rings (SSSR count). The smallest absolute Gasteiger partial charge is 0.330 e. The molecule has 20 heavy (non-hydrogen) atoms. The number of nitrogens with zero attached hydrogens (tertiary/aromatic N) is 3. The standard InChI is InChI=1S/C11H15N5O4/c1-3-4-16-8-7(9(19)14-11(16)20)15(2)10(13-8)12-5-6(17)18/h3-5H2,1-2H3,(H,12,13)(H,17,18)(H,14,19,20). The van der Waals surface area contributed by atoms with Gasteiger partial charge in [0.1, 0.15) is 6.54 Å². The van der Waals surface area contributed by atoms with Crippen LogP contribution >= 0.6 is 0 Å². The first-order valence-electron chi connectivity index (χ1n) is 6.11. The number of rotatable bonds is 5. The van der Waals surface area contributed by atoms with E-state index in [0.29, 0.717) is 13.0 Å². The third kappa shape index (κ3) is 2.29. The highest BCUT2D eigenvalue weighted by Crippen LogP contribution is 2.13. The number of nitrogens with one attached hydrogen (secondary N) is 2. The van der Waals surface area contributed by atoms with Crippen molar-refractivity contribution < 1.29 is 9.90 Å². The van der Waals surface area contributed by atoms with Crippen LogP contribution in [0.15, 0.2) is 9.59 Å². The van der Waals surface area contributed by atoms with Crippen molar-refractivity contribution in [1.82, 2.24) is 19.1 Å². The van der Waals surface area contributed by atoms with Crippen molar-refractivity contribution in [3.05, 3.63) is 20.8 Å². The van der Waals surface area contributed by atoms with Gasteiger partial charge in [0, 0.05) is 13.6 Å². The lowest BCUT2D eigenvalue weighted by Crippen LogP contribution is -2.30. The van der Waals surface area contributed by atoms with Gasteiger partial charge in [-0.2, -0.15) is 4.98 Å². The van der Waals surface area contributed by atoms with Crippen LogP contribution in [-0.2, 0) is 18.4 Å². The zero-order valence-electron chi connectivity index (χ0n) is 11.1. The highest BCUT2D eigenvalue weighted by Gasteiger charge is 2.16. The lowest BCUT2D eigenvalue weighted by molar-refractivity contribution is -0.134. The highest BCUT2D eigenvalue weighted by molar-refractivity contribution is 5.76. The number of fused-ring (bicyclic) bond motifs is 1. The molecule has 2 aromatic heterocycles. The van der Waals surface area contributed by atoms with Gasteiger partial charge in [0.15, 0.2) is 11.2 Å². The average molecular weight is 281 g/mol. The Morgan fingerprint density at radius 1 is 1.45 bits per heavy atom. The van der Waals surface area contributed by atoms with E-state index in [4.69, 9.17) is 5.11 Å². The molecule has 0 unspecified atom stereocenters. The molecule has 0 radical (unpaired) electrons. The molecule has 0 aromatic carbocycles. The number of aliphatic carboxylic acids is 1. The van der Waals surface area contributed by atoms with Gasteiger partial charge in [-0.1, -0.05) is 6.92 Å². The summed E-state index contributed by atoms with van der Waals surface area (Å²) >= 11 is 0. The Hall–Kier alpha value is -2.58. The van der Waals surface area contributed by atoms with E-state index in [1.54, 1.807) is 7.05 Å². The van der Waals surface area contributed by atoms with Crippen molar-refractivity contribution >= 4 is 23.1 Å². The zero-order chi connectivity index (χ0) is 14.9. The second-order valence-electron chi connectivity index (χ2n) is 4.32. The molecule has 0 atom stereocenters. The molecule has 0 aliphatic rings. The molecular weight excluding hydrogens is 266 g/mol. The van der Waals surface area contributed by atoms with Crippen molar-refractivity contribution in [3.8, 4) is 0 Å². The maximum Gasteiger partial charge on any atom is 0.330 e. The van der Waals surface area contributed by atoms with Gasteiger partial charge in [0.2, 0.25) is 5.95 Å². The number of hydrogen-bond acceptors (Lipinski definition) is 5. The van der Waals surface area contributed by atoms with E-state index in [0.717, 1.165) is 0 Å². The number of carboxylic acids is 1. The maximum absolute atomic E-state index is 11.9. The van der Waals surface area contributed by atoms with Crippen molar-refractivity contribution in [2.75, 3.05) is 11.9 Å². The van der Waals surface area contributed by atoms with Gasteiger partial charge in [-0.15, -0.1) is 0 Å². The summed E-state index contributed by atoms with van der Waals surface area (Å²) in [7, 11) is 1.58. The molecule has 3 N–H and O–H groups in total. The van der Waals surface area contributed by atoms with Crippen LogP contribution in [0.1, 0.15) is 13.3 Å². The molecule has 0 aliphatic heterocycles. The number of aromatic nitrogens is 4. The van der Waals surface area contributed by atoms with Crippen LogP contribution < -0.4 is 16.6 Å². The number of carboxylic acid groups (broad SMARTS) is 1. The van der Waals surface area contributed by atoms with E-state index in [2.05, 4.69) is 15.3 Å². The van der Waals surface area contributed by atoms with E-state index in [1.165, 1.54) is 9.13 Å². The summed E-state index contributed by atoms with van der Waals surface area (Å²) in [5, 5.41) is 11.3. The molecule has 0 saturated carbocycles. The van der Waals surface area contributed by atoms with Crippen LogP contribution in [0, 0.1) is 0 Å². The van der Waals surface area contributed by atoms with E-state index in [9.17, 15) is 14.4 Å². The Kier molecular flexibility index (Phi) is 3.59. The first kappa shape index (κ1) is 13.8. The molecule has 0 saturated heterocycles. The number of H-pyrrole nitrogens is 1. The SMILES string of the molecule is CCCn1c(=O)[nH]c(=O)c2c1nc(NCC(=O)O)n2C. The van der Waals surface area contributed by atoms with Crippen molar-refractivity contribution in [2.45, 2.75) is 19.9 Å². The van der Waals surface area contributed by atoms with Gasteiger partial charge in [-0.25, -0.2) is 4.79 Å². The van der Waals surface area contributed by atoms with Gasteiger partial charge >= 0.3 is 11.7 Å². The summed E-state index contributed by atoms with van der Waals surface area (Å²) in [5.41, 5.74) is -0.593. The number of hydrogen-bond donors (Lipinski definition) is 3. The molecule has 108 valence electrons. The summed E-state index contributed by atoms with van der Waals surface area (Å²) in [5.74, 6) is -0.819. The van der Waals surface area contributed by atoms with Crippen molar-refractivity contribution in [2.24, 2.45) is 7.05 Å². The molecule has 9 nitrogen and oxygen atoms in total. The molecule has 2 heterocycles. The van der Waals surface area contributed by atoms with Gasteiger partial charge in [-0.05, 0) is 6.42 Å². The Morgan fingerprint density at radius 2 is 2.15 bits per heavy atom. The maximum atomic E-state index is 11.9. The number of imidazole rings is 1. The average Bonchev–Trinajstić information content (AvgIpc) is 2.69. The third-order valence-electron chi connectivity index (χ3n) is 2.86. The fourth-order valence-corrected chi connectivity index (χ4v) is 1.99. The van der Waals surface area contributed by atoms with Gasteiger partial charge in [-0.3, -0.25) is 19.1 Å². The Labute approximate surface area is 112 Å². The molecular formula is C11H15N5O4. The fourth-order valence-electron chi connectivity index (χ4n) is 1.99. The summed E-state index contributed by atoms with van der Waals surface area (Å²) < 4.78 is 2.80. The van der Waals surface area contributed by atoms with Gasteiger partial charge in [0.05, 0.1) is 0 Å². The number of carbonyl (C=O) groups is 1. The van der Waals surface area contributed by atoms with Crippen molar-refractivity contribution in [1.29, 1.82) is 0 Å². The van der Waals surface area contributed by atoms with E-state index in [-0.39, 0.29) is 23.7 Å². The number of anilines is 1. The monoisotopic (exact) mass is 281 g/mol. The third-order valence-corrected chi connectivity index (χ3v) is 2.86. The van der Waals surface area contributed by atoms with Crippen LogP contribution in [0.2, 0.25) is 0 Å². The Balaban J connectivity index is 2.65. The minimum atomic E-state index is -1.04. The van der Waals surface area contributed by atoms with Gasteiger partial charge in [0.25, 0.3) is 5.56 Å². The second kappa shape index (κ2) is 5.19. The summed E-state index contributed by atoms with van der Waals surface area (Å²) in [6.45, 7) is 1.99. The lowest BCUT2D eigenvalue weighted by atomic mass is 10.4. The number of aryl methyl sites for hydroxylation is 2. The normalized spacial score (nSPS) is 10.9. The Bertz CT molecular complexity index is 769. The zero-order valence-corrected chi connectivity index (χ0v) is 11.1. The van der Waals surface area contributed by atoms with E-state index in [1.807, 2.05) is 6.92 Å². The Morgan fingerprint density at radius 3 is 2.75 bits per heavy atom. The lowest BCUT2D eigenvalue weighted by Gasteiger charge is -2.03. The van der Waals surface area contributed by atoms with E-state index >= 15 is 0 Å². The molecule has 0 spiro atoms. The molecule has 0 fully saturated rings. The van der Waals surface area contributed by atoms with E-state index < -0.39 is 17.2 Å². The quantitative estimate of drug-likeness (QED) is 0.668.